The fourth-order valence-electron chi connectivity index (χ4n) is 8.07. The Kier molecular flexibility index (Phi) is 10.8. The van der Waals surface area contributed by atoms with E-state index in [1.165, 1.54) is 35.2 Å². The molecular weight excluding hydrogens is 745 g/mol. The highest BCUT2D eigenvalue weighted by molar-refractivity contribution is 6.30. The van der Waals surface area contributed by atoms with E-state index in [9.17, 15) is 27.6 Å². The summed E-state index contributed by atoms with van der Waals surface area (Å²) >= 11 is 5.99. The summed E-state index contributed by atoms with van der Waals surface area (Å²) in [6, 6.07) is 17.2. The van der Waals surface area contributed by atoms with E-state index in [1.54, 1.807) is 42.5 Å². The molecule has 4 atom stereocenters. The molecule has 2 aliphatic heterocycles. The summed E-state index contributed by atoms with van der Waals surface area (Å²) in [5, 5.41) is 3.60. The number of ether oxygens (including phenoxy) is 2. The van der Waals surface area contributed by atoms with Crippen LogP contribution in [0, 0.1) is 0 Å². The molecule has 0 radical (unpaired) electrons. The van der Waals surface area contributed by atoms with Crippen molar-refractivity contribution in [2.45, 2.75) is 99.8 Å². The first-order valence-electron chi connectivity index (χ1n) is 18.3. The number of fused-ring (bicyclic) bond motifs is 3. The minimum atomic E-state index is -5.52. The third-order valence-electron chi connectivity index (χ3n) is 10.8. The Bertz CT molecular complexity index is 2040. The van der Waals surface area contributed by atoms with Crippen LogP contribution in [0.3, 0.4) is 0 Å². The first kappa shape index (κ1) is 38.5. The SMILES string of the molecule is NC1CC2CCC(C1)N2C(=O)[C@H](NC(=O)[C@H](OC(=O)C(F)(F)F)c1ccc2cc(OC3CCCC3)ccc2c1)C(F)(F)c1ccc(-c2ccc(Cl)cc2)cc1. The average molecular weight is 784 g/mol. The van der Waals surface area contributed by atoms with E-state index in [2.05, 4.69) is 0 Å². The number of piperidine rings is 1. The van der Waals surface area contributed by atoms with Gasteiger partial charge in [0.1, 0.15) is 5.75 Å². The topological polar surface area (TPSA) is 111 Å². The van der Waals surface area contributed by atoms with Crippen molar-refractivity contribution in [2.24, 2.45) is 5.73 Å². The van der Waals surface area contributed by atoms with Gasteiger partial charge in [0.15, 0.2) is 6.04 Å². The standard InChI is InChI=1S/C41H39ClF5N3O5/c42-29-14-9-24(10-15-29)23-7-12-28(13-8-23)40(43,44)36(38(52)50-31-16-17-32(50)22-30(48)21-31)49-37(51)35(55-39(53)41(45,46)47)27-6-5-26-20-34(18-11-25(26)19-27)54-33-3-1-2-4-33/h5-15,18-20,30-33,35-36H,1-4,16-17,21-22,48H2,(H,49,51)/t30?,31?,32?,35-,36+/m1/s1. The Morgan fingerprint density at radius 3 is 1.98 bits per heavy atom. The van der Waals surface area contributed by atoms with Crippen LogP contribution in [0.1, 0.15) is 68.6 Å². The van der Waals surface area contributed by atoms with E-state index >= 15 is 8.78 Å². The number of carbonyl (C=O) groups is 3. The average Bonchev–Trinajstić information content (AvgIpc) is 3.77. The third kappa shape index (κ3) is 8.28. The van der Waals surface area contributed by atoms with Gasteiger partial charge in [0.25, 0.3) is 11.8 Å². The van der Waals surface area contributed by atoms with Crippen molar-refractivity contribution in [3.8, 4) is 16.9 Å². The van der Waals surface area contributed by atoms with Crippen molar-refractivity contribution in [1.29, 1.82) is 0 Å². The molecular formula is C41H39ClF5N3O5. The molecule has 55 heavy (non-hydrogen) atoms. The number of halogens is 6. The number of nitrogens with zero attached hydrogens (tertiary/aromatic N) is 1. The van der Waals surface area contributed by atoms with Crippen LogP contribution in [0.4, 0.5) is 22.0 Å². The second-order valence-electron chi connectivity index (χ2n) is 14.6. The van der Waals surface area contributed by atoms with Crippen LogP contribution in [0.5, 0.6) is 5.75 Å². The molecule has 1 aliphatic carbocycles. The first-order chi connectivity index (χ1) is 26.2. The maximum Gasteiger partial charge on any atom is 0.490 e. The van der Waals surface area contributed by atoms with Crippen LogP contribution in [0.25, 0.3) is 21.9 Å². The first-order valence-corrected chi connectivity index (χ1v) is 18.7. The number of rotatable bonds is 10. The summed E-state index contributed by atoms with van der Waals surface area (Å²) in [7, 11) is 0. The maximum atomic E-state index is 16.8. The molecule has 3 aliphatic rings. The van der Waals surface area contributed by atoms with Crippen molar-refractivity contribution in [3.63, 3.8) is 0 Å². The van der Waals surface area contributed by atoms with E-state index < -0.39 is 59.7 Å². The van der Waals surface area contributed by atoms with Crippen LogP contribution in [0.2, 0.25) is 5.02 Å². The summed E-state index contributed by atoms with van der Waals surface area (Å²) in [6.45, 7) is 0. The lowest BCUT2D eigenvalue weighted by atomic mass is 9.93. The van der Waals surface area contributed by atoms with Gasteiger partial charge in [-0.05, 0) is 104 Å². The molecule has 290 valence electrons. The molecule has 0 spiro atoms. The minimum Gasteiger partial charge on any atom is -0.490 e. The summed E-state index contributed by atoms with van der Waals surface area (Å²) < 4.78 is 85.2. The smallest absolute Gasteiger partial charge is 0.490 e. The van der Waals surface area contributed by atoms with Crippen LogP contribution >= 0.6 is 11.6 Å². The Hall–Kier alpha value is -4.75. The Morgan fingerprint density at radius 1 is 0.782 bits per heavy atom. The van der Waals surface area contributed by atoms with Crippen LogP contribution in [0.15, 0.2) is 84.9 Å². The largest absolute Gasteiger partial charge is 0.490 e. The quantitative estimate of drug-likeness (QED) is 0.124. The highest BCUT2D eigenvalue weighted by Crippen LogP contribution is 2.41. The Labute approximate surface area is 319 Å². The lowest BCUT2D eigenvalue weighted by Crippen LogP contribution is -2.61. The minimum absolute atomic E-state index is 0.0682. The fraction of sp³-hybridized carbons (Fsp3) is 0.390. The highest BCUT2D eigenvalue weighted by Gasteiger charge is 2.54. The van der Waals surface area contributed by atoms with Gasteiger partial charge in [-0.15, -0.1) is 0 Å². The van der Waals surface area contributed by atoms with Gasteiger partial charge < -0.3 is 25.4 Å². The number of hydrogen-bond donors (Lipinski definition) is 2. The molecule has 4 aromatic rings. The normalized spacial score (nSPS) is 21.3. The summed E-state index contributed by atoms with van der Waals surface area (Å²) in [4.78, 5) is 41.9. The van der Waals surface area contributed by atoms with Crippen molar-refractivity contribution < 1.29 is 45.8 Å². The zero-order valence-electron chi connectivity index (χ0n) is 29.5. The number of hydrogen-bond acceptors (Lipinski definition) is 6. The molecule has 2 bridgehead atoms. The van der Waals surface area contributed by atoms with Crippen molar-refractivity contribution in [1.82, 2.24) is 10.2 Å². The predicted molar refractivity (Wildman–Crippen MR) is 195 cm³/mol. The van der Waals surface area contributed by atoms with Gasteiger partial charge in [0.2, 0.25) is 6.10 Å². The van der Waals surface area contributed by atoms with Crippen LogP contribution in [-0.4, -0.2) is 59.1 Å². The van der Waals surface area contributed by atoms with Crippen LogP contribution in [-0.2, 0) is 25.0 Å². The van der Waals surface area contributed by atoms with Gasteiger partial charge in [0.05, 0.1) is 6.10 Å². The zero-order chi connectivity index (χ0) is 39.1. The number of benzene rings is 4. The van der Waals surface area contributed by atoms with Gasteiger partial charge >= 0.3 is 18.1 Å². The molecule has 8 nitrogen and oxygen atoms in total. The van der Waals surface area contributed by atoms with Gasteiger partial charge in [-0.3, -0.25) is 9.59 Å². The summed E-state index contributed by atoms with van der Waals surface area (Å²) in [6.07, 6.45) is -2.08. The molecule has 2 unspecified atom stereocenters. The van der Waals surface area contributed by atoms with Crippen molar-refractivity contribution in [3.05, 3.63) is 101 Å². The van der Waals surface area contributed by atoms with Gasteiger partial charge in [-0.2, -0.15) is 22.0 Å². The summed E-state index contributed by atoms with van der Waals surface area (Å²) in [5.41, 5.74) is 6.58. The molecule has 2 amide bonds. The number of nitrogens with two attached hydrogens (primary N) is 1. The molecule has 3 fully saturated rings. The van der Waals surface area contributed by atoms with Gasteiger partial charge in [0, 0.05) is 34.3 Å². The molecule has 0 aromatic heterocycles. The zero-order valence-corrected chi connectivity index (χ0v) is 30.3. The second-order valence-corrected chi connectivity index (χ2v) is 15.0. The Balaban J connectivity index is 1.22. The predicted octanol–water partition coefficient (Wildman–Crippen LogP) is 8.39. The third-order valence-corrected chi connectivity index (χ3v) is 11.1. The monoisotopic (exact) mass is 783 g/mol. The van der Waals surface area contributed by atoms with Crippen LogP contribution < -0.4 is 15.8 Å². The van der Waals surface area contributed by atoms with E-state index in [0.29, 0.717) is 58.4 Å². The van der Waals surface area contributed by atoms with E-state index in [1.807, 2.05) is 5.32 Å². The van der Waals surface area contributed by atoms with E-state index in [0.717, 1.165) is 37.8 Å². The molecule has 2 saturated heterocycles. The molecule has 1 saturated carbocycles. The molecule has 4 aromatic carbocycles. The summed E-state index contributed by atoms with van der Waals surface area (Å²) in [5.74, 6) is -8.85. The Morgan fingerprint density at radius 2 is 1.36 bits per heavy atom. The van der Waals surface area contributed by atoms with Gasteiger partial charge in [-0.1, -0.05) is 66.2 Å². The lowest BCUT2D eigenvalue weighted by Gasteiger charge is -2.41. The van der Waals surface area contributed by atoms with Crippen molar-refractivity contribution in [2.75, 3.05) is 0 Å². The molecule has 14 heteroatoms. The highest BCUT2D eigenvalue weighted by atomic mass is 35.5. The lowest BCUT2D eigenvalue weighted by molar-refractivity contribution is -0.206. The molecule has 7 rings (SSSR count). The number of esters is 1. The van der Waals surface area contributed by atoms with Crippen molar-refractivity contribution >= 4 is 40.2 Å². The second kappa shape index (κ2) is 15.4. The molecule has 3 N–H and O–H groups in total. The van der Waals surface area contributed by atoms with Gasteiger partial charge in [-0.25, -0.2) is 4.79 Å². The fourth-order valence-corrected chi connectivity index (χ4v) is 8.20. The number of alkyl halides is 5. The maximum absolute atomic E-state index is 16.8. The number of amides is 2. The number of carbonyl (C=O) groups excluding carboxylic acids is 3. The number of nitrogens with one attached hydrogen (secondary N) is 1. The van der Waals surface area contributed by atoms with E-state index in [-0.39, 0.29) is 17.7 Å². The molecule has 2 heterocycles. The van der Waals surface area contributed by atoms with E-state index in [4.69, 9.17) is 26.8 Å².